The first-order valence-corrected chi connectivity index (χ1v) is 7.41. The minimum atomic E-state index is 0. The van der Waals surface area contributed by atoms with Crippen LogP contribution in [0.4, 0.5) is 0 Å². The molecule has 0 aromatic carbocycles. The van der Waals surface area contributed by atoms with Crippen LogP contribution >= 0.6 is 47.1 Å². The number of thioether (sulfide) groups is 1. The highest BCUT2D eigenvalue weighted by Gasteiger charge is 2.11. The molecule has 1 saturated heterocycles. The Balaban J connectivity index is 0.00000144. The lowest BCUT2D eigenvalue weighted by molar-refractivity contribution is 0.456. The van der Waals surface area contributed by atoms with Gasteiger partial charge in [0.2, 0.25) is 0 Å². The Bertz CT molecular complexity index is 373. The van der Waals surface area contributed by atoms with Gasteiger partial charge in [0.05, 0.1) is 6.54 Å². The molecule has 1 aromatic heterocycles. The van der Waals surface area contributed by atoms with Crippen LogP contribution in [-0.2, 0) is 6.54 Å². The number of rotatable bonds is 2. The molecule has 2 heterocycles. The van der Waals surface area contributed by atoms with E-state index in [9.17, 15) is 0 Å². The second kappa shape index (κ2) is 7.48. The topological polar surface area (TPSA) is 41.6 Å². The summed E-state index contributed by atoms with van der Waals surface area (Å²) in [6, 6.07) is 4.26. The van der Waals surface area contributed by atoms with Crippen LogP contribution in [0, 0.1) is 6.92 Å². The summed E-state index contributed by atoms with van der Waals surface area (Å²) < 4.78 is 0. The van der Waals surface area contributed by atoms with Gasteiger partial charge in [-0.05, 0) is 19.1 Å². The highest BCUT2D eigenvalue weighted by molar-refractivity contribution is 14.0. The summed E-state index contributed by atoms with van der Waals surface area (Å²) in [6.07, 6.45) is 0. The summed E-state index contributed by atoms with van der Waals surface area (Å²) in [6.45, 7) is 4.89. The van der Waals surface area contributed by atoms with Gasteiger partial charge in [-0.2, -0.15) is 11.8 Å². The molecule has 0 aliphatic carbocycles. The molecule has 0 unspecified atom stereocenters. The number of guanidine groups is 1. The van der Waals surface area contributed by atoms with E-state index in [0.717, 1.165) is 24.6 Å². The van der Waals surface area contributed by atoms with E-state index in [1.165, 1.54) is 9.75 Å². The van der Waals surface area contributed by atoms with E-state index in [1.807, 2.05) is 11.8 Å². The number of nitrogens with zero attached hydrogens (tertiary/aromatic N) is 2. The van der Waals surface area contributed by atoms with Gasteiger partial charge in [-0.15, -0.1) is 35.3 Å². The fourth-order valence-corrected chi connectivity index (χ4v) is 3.34. The fraction of sp³-hybridized carbons (Fsp3) is 0.545. The summed E-state index contributed by atoms with van der Waals surface area (Å²) >= 11 is 3.77. The molecule has 0 radical (unpaired) electrons. The zero-order valence-electron chi connectivity index (χ0n) is 9.89. The van der Waals surface area contributed by atoms with Gasteiger partial charge in [-0.1, -0.05) is 0 Å². The molecular formula is C11H18IN3S2. The lowest BCUT2D eigenvalue weighted by atomic mass is 10.4. The molecule has 2 rings (SSSR count). The normalized spacial score (nSPS) is 16.8. The predicted molar refractivity (Wildman–Crippen MR) is 88.7 cm³/mol. The lowest BCUT2D eigenvalue weighted by Crippen LogP contribution is -2.42. The first-order chi connectivity index (χ1) is 7.75. The molecule has 0 spiro atoms. The number of hydrogen-bond donors (Lipinski definition) is 1. The molecule has 17 heavy (non-hydrogen) atoms. The zero-order valence-corrected chi connectivity index (χ0v) is 13.9. The Morgan fingerprint density at radius 3 is 2.71 bits per heavy atom. The number of halogens is 1. The number of thiophene rings is 1. The van der Waals surface area contributed by atoms with Crippen molar-refractivity contribution in [2.45, 2.75) is 13.5 Å². The Kier molecular flexibility index (Phi) is 6.65. The third-order valence-corrected chi connectivity index (χ3v) is 4.46. The van der Waals surface area contributed by atoms with Crippen molar-refractivity contribution in [3.63, 3.8) is 0 Å². The van der Waals surface area contributed by atoms with Gasteiger partial charge < -0.3 is 10.6 Å². The van der Waals surface area contributed by atoms with Crippen LogP contribution in [0.5, 0.6) is 0 Å². The van der Waals surface area contributed by atoms with Gasteiger partial charge in [-0.3, -0.25) is 0 Å². The minimum absolute atomic E-state index is 0. The third kappa shape index (κ3) is 4.67. The van der Waals surface area contributed by atoms with Gasteiger partial charge in [0.25, 0.3) is 0 Å². The summed E-state index contributed by atoms with van der Waals surface area (Å²) in [7, 11) is 0. The predicted octanol–water partition coefficient (Wildman–Crippen LogP) is 2.54. The van der Waals surface area contributed by atoms with Crippen LogP contribution in [0.15, 0.2) is 17.1 Å². The molecule has 1 fully saturated rings. The number of hydrogen-bond acceptors (Lipinski definition) is 3. The fourth-order valence-electron chi connectivity index (χ4n) is 1.62. The number of aliphatic imine (C=N–C) groups is 1. The standard InChI is InChI=1S/C11H17N3S2.HI/c1-9-2-3-10(16-9)8-13-11(12)14-4-6-15-7-5-14;/h2-3H,4-8H2,1H3,(H2,12,13);1H. The van der Waals surface area contributed by atoms with E-state index in [1.54, 1.807) is 11.3 Å². The maximum atomic E-state index is 5.97. The van der Waals surface area contributed by atoms with Crippen LogP contribution in [-0.4, -0.2) is 35.5 Å². The second-order valence-electron chi connectivity index (χ2n) is 3.79. The number of nitrogens with two attached hydrogens (primary N) is 1. The van der Waals surface area contributed by atoms with E-state index in [-0.39, 0.29) is 24.0 Å². The quantitative estimate of drug-likeness (QED) is 0.485. The van der Waals surface area contributed by atoms with Gasteiger partial charge in [0.1, 0.15) is 0 Å². The molecule has 0 bridgehead atoms. The van der Waals surface area contributed by atoms with Crippen LogP contribution in [0.2, 0.25) is 0 Å². The number of aryl methyl sites for hydroxylation is 1. The van der Waals surface area contributed by atoms with Crippen molar-refractivity contribution in [2.75, 3.05) is 24.6 Å². The second-order valence-corrected chi connectivity index (χ2v) is 6.38. The van der Waals surface area contributed by atoms with Crippen molar-refractivity contribution in [1.29, 1.82) is 0 Å². The van der Waals surface area contributed by atoms with Crippen molar-refractivity contribution in [1.82, 2.24) is 4.90 Å². The summed E-state index contributed by atoms with van der Waals surface area (Å²) in [5, 5.41) is 0. The Morgan fingerprint density at radius 2 is 2.12 bits per heavy atom. The molecule has 1 aromatic rings. The van der Waals surface area contributed by atoms with E-state index in [2.05, 4.69) is 28.9 Å². The smallest absolute Gasteiger partial charge is 0.191 e. The van der Waals surface area contributed by atoms with E-state index in [0.29, 0.717) is 12.5 Å². The van der Waals surface area contributed by atoms with Crippen LogP contribution in [0.3, 0.4) is 0 Å². The molecular weight excluding hydrogens is 365 g/mol. The SMILES string of the molecule is Cc1ccc(CN=C(N)N2CCSCC2)s1.I. The molecule has 0 amide bonds. The lowest BCUT2D eigenvalue weighted by Gasteiger charge is -2.27. The molecule has 0 saturated carbocycles. The Hall–Kier alpha value is 0.0500. The van der Waals surface area contributed by atoms with E-state index < -0.39 is 0 Å². The first kappa shape index (κ1) is 15.1. The molecule has 0 atom stereocenters. The van der Waals surface area contributed by atoms with Crippen molar-refractivity contribution in [2.24, 2.45) is 10.7 Å². The van der Waals surface area contributed by atoms with Crippen molar-refractivity contribution in [3.8, 4) is 0 Å². The zero-order chi connectivity index (χ0) is 11.4. The molecule has 96 valence electrons. The maximum Gasteiger partial charge on any atom is 0.191 e. The maximum absolute atomic E-state index is 5.97. The van der Waals surface area contributed by atoms with Crippen LogP contribution in [0.25, 0.3) is 0 Å². The van der Waals surface area contributed by atoms with E-state index in [4.69, 9.17) is 5.73 Å². The van der Waals surface area contributed by atoms with Crippen LogP contribution < -0.4 is 5.73 Å². The Morgan fingerprint density at radius 1 is 1.41 bits per heavy atom. The monoisotopic (exact) mass is 383 g/mol. The third-order valence-electron chi connectivity index (χ3n) is 2.53. The largest absolute Gasteiger partial charge is 0.370 e. The Labute approximate surface area is 128 Å². The van der Waals surface area contributed by atoms with Gasteiger partial charge in [-0.25, -0.2) is 4.99 Å². The molecule has 6 heteroatoms. The summed E-state index contributed by atoms with van der Waals surface area (Å²) in [4.78, 5) is 9.25. The highest BCUT2D eigenvalue weighted by atomic mass is 127. The van der Waals surface area contributed by atoms with Crippen molar-refractivity contribution < 1.29 is 0 Å². The summed E-state index contributed by atoms with van der Waals surface area (Å²) in [5.74, 6) is 3.02. The first-order valence-electron chi connectivity index (χ1n) is 5.43. The van der Waals surface area contributed by atoms with Crippen molar-refractivity contribution in [3.05, 3.63) is 21.9 Å². The highest BCUT2D eigenvalue weighted by Crippen LogP contribution is 2.16. The van der Waals surface area contributed by atoms with Gasteiger partial charge in [0, 0.05) is 34.3 Å². The van der Waals surface area contributed by atoms with Gasteiger partial charge in [0.15, 0.2) is 5.96 Å². The molecule has 2 N–H and O–H groups in total. The molecule has 1 aliphatic rings. The van der Waals surface area contributed by atoms with E-state index >= 15 is 0 Å². The van der Waals surface area contributed by atoms with Gasteiger partial charge >= 0.3 is 0 Å². The summed E-state index contributed by atoms with van der Waals surface area (Å²) in [5.41, 5.74) is 5.97. The average Bonchev–Trinajstić information content (AvgIpc) is 2.73. The minimum Gasteiger partial charge on any atom is -0.370 e. The molecule has 1 aliphatic heterocycles. The van der Waals surface area contributed by atoms with Crippen LogP contribution in [0.1, 0.15) is 9.75 Å². The van der Waals surface area contributed by atoms with Crippen molar-refractivity contribution >= 4 is 53.0 Å². The average molecular weight is 383 g/mol. The molecule has 3 nitrogen and oxygen atoms in total.